The van der Waals surface area contributed by atoms with Crippen LogP contribution >= 0.6 is 31.9 Å². The average molecular weight is 328 g/mol. The van der Waals surface area contributed by atoms with Crippen molar-refractivity contribution in [1.82, 2.24) is 0 Å². The van der Waals surface area contributed by atoms with E-state index in [1.807, 2.05) is 0 Å². The minimum atomic E-state index is -0.468. The van der Waals surface area contributed by atoms with Crippen LogP contribution in [0.3, 0.4) is 0 Å². The van der Waals surface area contributed by atoms with E-state index in [1.54, 1.807) is 6.92 Å². The Labute approximate surface area is 104 Å². The van der Waals surface area contributed by atoms with Crippen molar-refractivity contribution in [3.8, 4) is 0 Å². The summed E-state index contributed by atoms with van der Waals surface area (Å²) in [5, 5.41) is 0. The van der Waals surface area contributed by atoms with Gasteiger partial charge in [0.2, 0.25) is 0 Å². The summed E-state index contributed by atoms with van der Waals surface area (Å²) in [6, 6.07) is 0. The molecule has 0 bridgehead atoms. The van der Waals surface area contributed by atoms with Crippen LogP contribution in [0.1, 0.15) is 58.8 Å². The molecule has 0 amide bonds. The largest absolute Gasteiger partial charge is 0.297 e. The Morgan fingerprint density at radius 3 is 2.07 bits per heavy atom. The number of carbonyl (C=O) groups is 1. The SMILES string of the molecule is CCCCCCCCC(Br)(Br)C(C)=O. The molecular formula is C11H20Br2O. The summed E-state index contributed by atoms with van der Waals surface area (Å²) in [6.45, 7) is 3.83. The van der Waals surface area contributed by atoms with Crippen LogP contribution in [-0.2, 0) is 4.79 Å². The van der Waals surface area contributed by atoms with Crippen molar-refractivity contribution in [2.24, 2.45) is 0 Å². The second-order valence-corrected chi connectivity index (χ2v) is 7.55. The number of halogens is 2. The smallest absolute Gasteiger partial charge is 0.157 e. The van der Waals surface area contributed by atoms with Crippen LogP contribution in [0.5, 0.6) is 0 Å². The summed E-state index contributed by atoms with van der Waals surface area (Å²) in [4.78, 5) is 11.1. The van der Waals surface area contributed by atoms with Crippen molar-refractivity contribution in [2.75, 3.05) is 0 Å². The van der Waals surface area contributed by atoms with Crippen molar-refractivity contribution in [2.45, 2.75) is 62.0 Å². The minimum Gasteiger partial charge on any atom is -0.297 e. The van der Waals surface area contributed by atoms with Gasteiger partial charge in [0.15, 0.2) is 5.78 Å². The fourth-order valence-corrected chi connectivity index (χ4v) is 1.86. The Morgan fingerprint density at radius 2 is 1.57 bits per heavy atom. The lowest BCUT2D eigenvalue weighted by Crippen LogP contribution is -2.21. The standard InChI is InChI=1S/C11H20Br2O/c1-3-4-5-6-7-8-9-11(12,13)10(2)14/h3-9H2,1-2H3. The van der Waals surface area contributed by atoms with Crippen LogP contribution in [0.4, 0.5) is 0 Å². The van der Waals surface area contributed by atoms with Gasteiger partial charge < -0.3 is 0 Å². The summed E-state index contributed by atoms with van der Waals surface area (Å²) in [7, 11) is 0. The van der Waals surface area contributed by atoms with E-state index >= 15 is 0 Å². The molecule has 0 aromatic rings. The lowest BCUT2D eigenvalue weighted by Gasteiger charge is -2.16. The molecule has 0 fully saturated rings. The maximum atomic E-state index is 11.1. The summed E-state index contributed by atoms with van der Waals surface area (Å²) in [6.07, 6.45) is 8.46. The summed E-state index contributed by atoms with van der Waals surface area (Å²) in [5.74, 6) is 0.158. The van der Waals surface area contributed by atoms with Crippen molar-refractivity contribution in [1.29, 1.82) is 0 Å². The van der Waals surface area contributed by atoms with Gasteiger partial charge in [0, 0.05) is 0 Å². The summed E-state index contributed by atoms with van der Waals surface area (Å²) < 4.78 is -0.468. The molecule has 0 aliphatic rings. The van der Waals surface area contributed by atoms with Gasteiger partial charge in [-0.15, -0.1) is 0 Å². The zero-order valence-corrected chi connectivity index (χ0v) is 12.3. The number of carbonyl (C=O) groups excluding carboxylic acids is 1. The van der Waals surface area contributed by atoms with Crippen LogP contribution < -0.4 is 0 Å². The molecule has 0 spiro atoms. The van der Waals surface area contributed by atoms with E-state index in [2.05, 4.69) is 38.8 Å². The monoisotopic (exact) mass is 326 g/mol. The Kier molecular flexibility index (Phi) is 8.22. The van der Waals surface area contributed by atoms with Crippen LogP contribution in [0.15, 0.2) is 0 Å². The number of hydrogen-bond acceptors (Lipinski definition) is 1. The molecule has 0 unspecified atom stereocenters. The van der Waals surface area contributed by atoms with Crippen molar-refractivity contribution in [3.05, 3.63) is 0 Å². The molecule has 0 saturated carbocycles. The quantitative estimate of drug-likeness (QED) is 0.461. The van der Waals surface area contributed by atoms with Gasteiger partial charge in [-0.05, 0) is 13.3 Å². The molecule has 0 aromatic carbocycles. The van der Waals surface area contributed by atoms with Crippen LogP contribution in [0.25, 0.3) is 0 Å². The van der Waals surface area contributed by atoms with Crippen LogP contribution in [-0.4, -0.2) is 9.02 Å². The second kappa shape index (κ2) is 7.86. The molecule has 1 nitrogen and oxygen atoms in total. The van der Waals surface area contributed by atoms with Gasteiger partial charge in [0.25, 0.3) is 0 Å². The number of Topliss-reactive ketones (excluding diaryl/α,β-unsaturated/α-hetero) is 1. The molecule has 0 saturated heterocycles. The maximum absolute atomic E-state index is 11.1. The van der Waals surface area contributed by atoms with E-state index in [1.165, 1.54) is 32.1 Å². The molecule has 14 heavy (non-hydrogen) atoms. The van der Waals surface area contributed by atoms with E-state index in [4.69, 9.17) is 0 Å². The fourth-order valence-electron chi connectivity index (χ4n) is 1.30. The second-order valence-electron chi connectivity index (χ2n) is 3.78. The number of alkyl halides is 2. The molecule has 0 heterocycles. The average Bonchev–Trinajstić information content (AvgIpc) is 2.10. The van der Waals surface area contributed by atoms with E-state index in [0.717, 1.165) is 12.8 Å². The van der Waals surface area contributed by atoms with Crippen LogP contribution in [0.2, 0.25) is 0 Å². The van der Waals surface area contributed by atoms with E-state index in [-0.39, 0.29) is 5.78 Å². The first kappa shape index (κ1) is 14.6. The lowest BCUT2D eigenvalue weighted by atomic mass is 10.1. The van der Waals surface area contributed by atoms with Crippen molar-refractivity contribution >= 4 is 37.6 Å². The number of rotatable bonds is 8. The van der Waals surface area contributed by atoms with Gasteiger partial charge in [-0.1, -0.05) is 77.3 Å². The van der Waals surface area contributed by atoms with Gasteiger partial charge >= 0.3 is 0 Å². The molecule has 3 heteroatoms. The first-order chi connectivity index (χ1) is 6.50. The predicted molar refractivity (Wildman–Crippen MR) is 69.3 cm³/mol. The Hall–Kier alpha value is 0.630. The molecule has 0 aliphatic heterocycles. The highest BCUT2D eigenvalue weighted by atomic mass is 79.9. The van der Waals surface area contributed by atoms with E-state index < -0.39 is 3.23 Å². The number of ketones is 1. The zero-order chi connectivity index (χ0) is 11.0. The highest BCUT2D eigenvalue weighted by Gasteiger charge is 2.27. The minimum absolute atomic E-state index is 0.158. The zero-order valence-electron chi connectivity index (χ0n) is 9.11. The molecule has 0 rings (SSSR count). The van der Waals surface area contributed by atoms with E-state index in [9.17, 15) is 4.79 Å². The maximum Gasteiger partial charge on any atom is 0.157 e. The Balaban J connectivity index is 3.40. The molecule has 84 valence electrons. The van der Waals surface area contributed by atoms with Gasteiger partial charge in [0.1, 0.15) is 3.23 Å². The molecular weight excluding hydrogens is 308 g/mol. The van der Waals surface area contributed by atoms with Crippen LogP contribution in [0, 0.1) is 0 Å². The third kappa shape index (κ3) is 6.99. The highest BCUT2D eigenvalue weighted by Crippen LogP contribution is 2.33. The van der Waals surface area contributed by atoms with E-state index in [0.29, 0.717) is 0 Å². The van der Waals surface area contributed by atoms with Gasteiger partial charge in [-0.3, -0.25) is 4.79 Å². The number of hydrogen-bond donors (Lipinski definition) is 0. The molecule has 0 aliphatic carbocycles. The number of unbranched alkanes of at least 4 members (excludes halogenated alkanes) is 5. The van der Waals surface area contributed by atoms with Gasteiger partial charge in [-0.25, -0.2) is 0 Å². The van der Waals surface area contributed by atoms with Crippen molar-refractivity contribution in [3.63, 3.8) is 0 Å². The molecule has 0 N–H and O–H groups in total. The fraction of sp³-hybridized carbons (Fsp3) is 0.909. The van der Waals surface area contributed by atoms with Gasteiger partial charge in [-0.2, -0.15) is 0 Å². The highest BCUT2D eigenvalue weighted by molar-refractivity contribution is 9.25. The lowest BCUT2D eigenvalue weighted by molar-refractivity contribution is -0.117. The Morgan fingerprint density at radius 1 is 1.07 bits per heavy atom. The third-order valence-electron chi connectivity index (χ3n) is 2.36. The summed E-state index contributed by atoms with van der Waals surface area (Å²) in [5.41, 5.74) is 0. The van der Waals surface area contributed by atoms with Gasteiger partial charge in [0.05, 0.1) is 0 Å². The summed E-state index contributed by atoms with van der Waals surface area (Å²) >= 11 is 6.79. The molecule has 0 aromatic heterocycles. The van der Waals surface area contributed by atoms with Crippen molar-refractivity contribution < 1.29 is 4.79 Å². The first-order valence-electron chi connectivity index (χ1n) is 5.39. The Bertz CT molecular complexity index is 167. The first-order valence-corrected chi connectivity index (χ1v) is 6.98. The molecule has 0 radical (unpaired) electrons. The third-order valence-corrected chi connectivity index (χ3v) is 4.27. The normalized spacial score (nSPS) is 11.7. The topological polar surface area (TPSA) is 17.1 Å². The molecule has 0 atom stereocenters. The predicted octanol–water partition coefficient (Wildman–Crippen LogP) is 4.81.